The van der Waals surface area contributed by atoms with Crippen molar-refractivity contribution in [2.24, 2.45) is 0 Å². The van der Waals surface area contributed by atoms with Crippen LogP contribution in [0.2, 0.25) is 0 Å². The van der Waals surface area contributed by atoms with Gasteiger partial charge in [-0.1, -0.05) is 0 Å². The van der Waals surface area contributed by atoms with Gasteiger partial charge < -0.3 is 0 Å². The minimum Gasteiger partial charge on any atom is -0.182 e. The van der Waals surface area contributed by atoms with Gasteiger partial charge in [0.1, 0.15) is 0 Å². The summed E-state index contributed by atoms with van der Waals surface area (Å²) < 4.78 is 0. The summed E-state index contributed by atoms with van der Waals surface area (Å²) in [4.78, 5) is 1.06. The van der Waals surface area contributed by atoms with Crippen molar-refractivity contribution < 1.29 is 0 Å². The lowest BCUT2D eigenvalue weighted by molar-refractivity contribution is 2.42. The summed E-state index contributed by atoms with van der Waals surface area (Å²) in [6.07, 6.45) is 0. The fourth-order valence-corrected chi connectivity index (χ4v) is 0. The number of hydrogen-bond acceptors (Lipinski definition) is 0. The van der Waals surface area contributed by atoms with Crippen LogP contribution in [0.4, 0.5) is 0 Å². The Labute approximate surface area is 35.4 Å². The van der Waals surface area contributed by atoms with Gasteiger partial charge >= 0.3 is 0 Å². The molecule has 0 heterocycles. The fourth-order valence-electron chi connectivity index (χ4n) is 0. The lowest BCUT2D eigenvalue weighted by Crippen LogP contribution is -1.75. The molecule has 0 rings (SSSR count). The number of rotatable bonds is 0. The summed E-state index contributed by atoms with van der Waals surface area (Å²) in [6.45, 7) is 0. The molecule has 0 spiro atoms. The van der Waals surface area contributed by atoms with Crippen LogP contribution in [0.25, 0.3) is 0 Å². The van der Waals surface area contributed by atoms with Gasteiger partial charge in [-0.2, -0.15) is 34.6 Å². The minimum absolute atomic E-state index is 1.06. The largest absolute Gasteiger partial charge is 0.182 e. The molecule has 20 valence electrons. The third-order valence-electron chi connectivity index (χ3n) is 0. The maximum absolute atomic E-state index is 3.15. The van der Waals surface area contributed by atoms with Crippen LogP contribution in [-0.2, 0) is 0 Å². The molecule has 0 bridgehead atoms. The first-order valence-corrected chi connectivity index (χ1v) is 2.56. The lowest BCUT2D eigenvalue weighted by atomic mass is 11.8. The zero-order chi connectivity index (χ0) is 3.58. The van der Waals surface area contributed by atoms with E-state index in [0.29, 0.717) is 0 Å². The van der Waals surface area contributed by atoms with Crippen LogP contribution in [0.3, 0.4) is 0 Å². The smallest absolute Gasteiger partial charge is 0.159 e. The zero-order valence-electron chi connectivity index (χ0n) is 2.21. The monoisotopic (exact) mass is 102 g/mol. The first kappa shape index (κ1) is 4.86. The van der Waals surface area contributed by atoms with E-state index < -0.39 is 0 Å². The van der Waals surface area contributed by atoms with Crippen LogP contribution in [0, 0.1) is 4.91 Å². The average Bonchev–Trinajstić information content (AvgIpc) is 0.811. The van der Waals surface area contributed by atoms with E-state index in [1.54, 1.807) is 9.24 Å². The molecule has 0 aliphatic rings. The van der Waals surface area contributed by atoms with Crippen LogP contribution in [0.15, 0.2) is 0 Å². The standard InChI is InChI=1S/CH3PSi2/c2-1(3)4/h2H3. The van der Waals surface area contributed by atoms with Gasteiger partial charge in [0.15, 0.2) is 0 Å². The molecule has 1 atom stereocenters. The fraction of sp³-hybridized carbons (Fsp3) is 0. The van der Waals surface area contributed by atoms with Crippen molar-refractivity contribution in [2.75, 3.05) is 0 Å². The predicted molar refractivity (Wildman–Crippen MR) is 25.9 cm³/mol. The maximum Gasteiger partial charge on any atom is -0.159 e. The van der Waals surface area contributed by atoms with Crippen molar-refractivity contribution in [2.45, 2.75) is 0 Å². The molecule has 0 aromatic heterocycles. The predicted octanol–water partition coefficient (Wildman–Crippen LogP) is -0.622. The van der Waals surface area contributed by atoms with E-state index in [1.165, 1.54) is 0 Å². The second-order valence-corrected chi connectivity index (χ2v) is 4.31. The van der Waals surface area contributed by atoms with E-state index in [-0.39, 0.29) is 0 Å². The molecule has 0 aromatic carbocycles. The van der Waals surface area contributed by atoms with Crippen molar-refractivity contribution in [1.82, 2.24) is 0 Å². The van der Waals surface area contributed by atoms with Crippen molar-refractivity contribution in [3.8, 4) is 0 Å². The highest BCUT2D eigenvalue weighted by Gasteiger charge is 1.56. The van der Waals surface area contributed by atoms with E-state index in [0.717, 1.165) is 4.91 Å². The van der Waals surface area contributed by atoms with Crippen LogP contribution >= 0.6 is 9.24 Å². The van der Waals surface area contributed by atoms with Gasteiger partial charge in [0, 0.05) is 0 Å². The Morgan fingerprint density at radius 2 is 1.50 bits per heavy atom. The highest BCUT2D eigenvalue weighted by Crippen LogP contribution is 1.91. The Kier molecular flexibility index (Phi) is 2.58. The highest BCUT2D eigenvalue weighted by atomic mass is 31.0. The van der Waals surface area contributed by atoms with Crippen LogP contribution < -0.4 is 0 Å². The molecule has 0 saturated carbocycles. The van der Waals surface area contributed by atoms with Gasteiger partial charge in [-0.3, -0.25) is 0 Å². The van der Waals surface area contributed by atoms with Gasteiger partial charge in [0.25, 0.3) is 0 Å². The number of hydrogen-bond donors (Lipinski definition) is 0. The molecule has 1 unspecified atom stereocenters. The topological polar surface area (TPSA) is 0 Å². The third-order valence-corrected chi connectivity index (χ3v) is 0. The van der Waals surface area contributed by atoms with Gasteiger partial charge in [0.2, 0.25) is 0 Å². The average molecular weight is 102 g/mol. The Balaban J connectivity index is 2.32. The Bertz CT molecular complexity index is 10.8. The van der Waals surface area contributed by atoms with Gasteiger partial charge in [-0.25, -0.2) is 0 Å². The van der Waals surface area contributed by atoms with E-state index in [4.69, 9.17) is 0 Å². The quantitative estimate of drug-likeness (QED) is 0.217. The van der Waals surface area contributed by atoms with Crippen molar-refractivity contribution in [3.63, 3.8) is 0 Å². The van der Waals surface area contributed by atoms with E-state index in [2.05, 4.69) is 20.5 Å². The second kappa shape index (κ2) is 2.12. The summed E-state index contributed by atoms with van der Waals surface area (Å²) in [6, 6.07) is 0. The van der Waals surface area contributed by atoms with E-state index >= 15 is 0 Å². The normalized spacial score (nSPS) is 9.75. The molecule has 0 aliphatic carbocycles. The first-order chi connectivity index (χ1) is 1.73. The molecular formula is CH3PSi2. The maximum atomic E-state index is 3.15. The van der Waals surface area contributed by atoms with Crippen LogP contribution in [-0.4, -0.2) is 20.5 Å². The lowest BCUT2D eigenvalue weighted by Gasteiger charge is -1.91. The minimum atomic E-state index is 1.06. The molecular weight excluding hydrogens is 99.2 g/mol. The van der Waals surface area contributed by atoms with E-state index in [1.807, 2.05) is 0 Å². The summed E-state index contributed by atoms with van der Waals surface area (Å²) >= 11 is 0. The van der Waals surface area contributed by atoms with E-state index in [9.17, 15) is 0 Å². The Morgan fingerprint density at radius 3 is 1.50 bits per heavy atom. The summed E-state index contributed by atoms with van der Waals surface area (Å²) in [5, 5.41) is 0. The van der Waals surface area contributed by atoms with Gasteiger partial charge in [-0.15, -0.1) is 0 Å². The molecule has 6 radical (unpaired) electrons. The summed E-state index contributed by atoms with van der Waals surface area (Å²) in [7, 11) is 8.06. The van der Waals surface area contributed by atoms with Crippen molar-refractivity contribution in [1.29, 1.82) is 0 Å². The molecule has 4 heavy (non-hydrogen) atoms. The molecule has 0 N–H and O–H groups in total. The first-order valence-electron chi connectivity index (χ1n) is 0.854. The second-order valence-electron chi connectivity index (χ2n) is 0.479. The molecule has 0 amide bonds. The Morgan fingerprint density at radius 1 is 1.50 bits per heavy atom. The van der Waals surface area contributed by atoms with Gasteiger partial charge in [-0.05, 0) is 0 Å². The van der Waals surface area contributed by atoms with Crippen LogP contribution in [0.5, 0.6) is 0 Å². The Hall–Kier alpha value is 0.864. The highest BCUT2D eigenvalue weighted by molar-refractivity contribution is 7.29. The molecule has 0 aromatic rings. The third kappa shape index (κ3) is 13.3. The van der Waals surface area contributed by atoms with Gasteiger partial charge in [0.05, 0.1) is 0 Å². The zero-order valence-corrected chi connectivity index (χ0v) is 5.62. The van der Waals surface area contributed by atoms with Crippen molar-refractivity contribution >= 4 is 29.7 Å². The van der Waals surface area contributed by atoms with Crippen LogP contribution in [0.1, 0.15) is 0 Å². The molecule has 0 aliphatic heterocycles. The van der Waals surface area contributed by atoms with Crippen molar-refractivity contribution in [3.05, 3.63) is 4.91 Å². The molecule has 0 fully saturated rings. The molecule has 0 saturated heterocycles. The summed E-state index contributed by atoms with van der Waals surface area (Å²) in [5.74, 6) is 0. The summed E-state index contributed by atoms with van der Waals surface area (Å²) in [5.41, 5.74) is 0. The molecule has 3 heteroatoms. The SMILES string of the molecule is [Si][C-]([Si])[PH3+]. The molecule has 0 nitrogen and oxygen atoms in total.